The molecule has 1 saturated carbocycles. The molecule has 0 aromatic carbocycles. The molecule has 1 aliphatic rings. The molecule has 2 N–H and O–H groups in total. The van der Waals surface area contributed by atoms with Gasteiger partial charge in [0.05, 0.1) is 31.3 Å². The van der Waals surface area contributed by atoms with Crippen LogP contribution in [0.5, 0.6) is 0 Å². The van der Waals surface area contributed by atoms with Crippen LogP contribution in [-0.2, 0) is 36.4 Å². The molecule has 30 heteroatoms. The Morgan fingerprint density at radius 3 is 0.583 bits per heavy atom. The molecule has 1 fully saturated rings. The van der Waals surface area contributed by atoms with Gasteiger partial charge in [-0.15, -0.1) is 0 Å². The second-order valence-corrected chi connectivity index (χ2v) is 9.47. The predicted molar refractivity (Wildman–Crippen MR) is 61.9 cm³/mol. The Balaban J connectivity index is -0.000000163. The molecule has 0 amide bonds. The van der Waals surface area contributed by atoms with Crippen LogP contribution >= 0.6 is 31.3 Å². The molecule has 1 aliphatic carbocycles. The van der Waals surface area contributed by atoms with Crippen LogP contribution in [0.15, 0.2) is 0 Å². The molecule has 36 heavy (non-hydrogen) atoms. The van der Waals surface area contributed by atoms with E-state index in [-0.39, 0.29) is 236 Å². The van der Waals surface area contributed by atoms with Gasteiger partial charge in [-0.25, -0.2) is 0 Å². The van der Waals surface area contributed by atoms with E-state index in [0.29, 0.717) is 0 Å². The third-order valence-corrected chi connectivity index (χ3v) is 5.00. The molecule has 0 radical (unpaired) electrons. The zero-order valence-electron chi connectivity index (χ0n) is 20.7. The van der Waals surface area contributed by atoms with Gasteiger partial charge in [-0.2, -0.15) is 0 Å². The van der Waals surface area contributed by atoms with Gasteiger partial charge < -0.3 is 85.7 Å². The van der Waals surface area contributed by atoms with Crippen molar-refractivity contribution in [2.45, 2.75) is 36.6 Å². The SMILES string of the molecule is O=P([O-])([O-])O[C@@H]1C(O)[C@H](OP(=O)([O-])[O-])[C@@H](OP(=O)([O-])[O-])C(O)[C@@H]1OP(=O)([O-])[O-].[Na+].[Na+].[Na+].[Na+].[Na+].[Na+].[Na+].[Na+]. The zero-order valence-corrected chi connectivity index (χ0v) is 40.3. The van der Waals surface area contributed by atoms with Crippen molar-refractivity contribution in [3.63, 3.8) is 0 Å². The van der Waals surface area contributed by atoms with Gasteiger partial charge >= 0.3 is 236 Å². The van der Waals surface area contributed by atoms with Gasteiger partial charge in [-0.3, -0.25) is 0 Å². The minimum absolute atomic E-state index is 0. The quantitative estimate of drug-likeness (QED) is 0.178. The first-order chi connectivity index (χ1) is 12.2. The van der Waals surface area contributed by atoms with Gasteiger partial charge in [0, 0.05) is 0 Å². The maximum absolute atomic E-state index is 10.7. The fraction of sp³-hybridized carbons (Fsp3) is 1.00. The van der Waals surface area contributed by atoms with E-state index >= 15 is 0 Å². The Bertz CT molecular complexity index is 632. The largest absolute Gasteiger partial charge is 1.00 e. The molecule has 0 aromatic heterocycles. The van der Waals surface area contributed by atoms with Crippen molar-refractivity contribution >= 4 is 31.3 Å². The van der Waals surface area contributed by atoms with Crippen LogP contribution in [0.25, 0.3) is 0 Å². The maximum Gasteiger partial charge on any atom is 1.00 e. The summed E-state index contributed by atoms with van der Waals surface area (Å²) in [6.07, 6.45) is -17.6. The van der Waals surface area contributed by atoms with Crippen LogP contribution < -0.4 is 276 Å². The number of rotatable bonds is 8. The molecule has 168 valence electrons. The fourth-order valence-corrected chi connectivity index (χ4v) is 4.41. The average Bonchev–Trinajstić information content (AvgIpc) is 2.39. The fourth-order valence-electron chi connectivity index (χ4n) is 2.24. The second kappa shape index (κ2) is 26.3. The summed E-state index contributed by atoms with van der Waals surface area (Å²) >= 11 is 0. The van der Waals surface area contributed by atoms with Crippen LogP contribution in [-0.4, -0.2) is 46.8 Å². The topological polar surface area (TPSA) is 330 Å². The third kappa shape index (κ3) is 26.4. The van der Waals surface area contributed by atoms with E-state index in [2.05, 4.69) is 18.1 Å². The molecule has 0 spiro atoms. The molecule has 0 aliphatic heterocycles. The van der Waals surface area contributed by atoms with Gasteiger partial charge in [0.15, 0.2) is 0 Å². The molecule has 0 aromatic rings. The van der Waals surface area contributed by atoms with Crippen molar-refractivity contribution in [3.05, 3.63) is 0 Å². The van der Waals surface area contributed by atoms with E-state index in [4.69, 9.17) is 0 Å². The molecule has 0 saturated heterocycles. The van der Waals surface area contributed by atoms with Gasteiger partial charge in [0.2, 0.25) is 0 Å². The molecule has 2 unspecified atom stereocenters. The number of hydrogen-bond acceptors (Lipinski definition) is 18. The van der Waals surface area contributed by atoms with Crippen molar-refractivity contribution in [2.24, 2.45) is 0 Å². The first-order valence-electron chi connectivity index (χ1n) is 6.38. The van der Waals surface area contributed by atoms with Gasteiger partial charge in [-0.1, -0.05) is 0 Å². The van der Waals surface area contributed by atoms with Crippen LogP contribution in [0.3, 0.4) is 0 Å². The number of hydrogen-bond donors (Lipinski definition) is 2. The minimum Gasteiger partial charge on any atom is -0.790 e. The average molecular weight is 676 g/mol. The van der Waals surface area contributed by atoms with Crippen LogP contribution in [0.1, 0.15) is 0 Å². The van der Waals surface area contributed by atoms with E-state index in [1.165, 1.54) is 0 Å². The van der Waals surface area contributed by atoms with Crippen molar-refractivity contribution in [3.8, 4) is 0 Å². The van der Waals surface area contributed by atoms with Crippen LogP contribution in [0.2, 0.25) is 0 Å². The monoisotopic (exact) mass is 676 g/mol. The summed E-state index contributed by atoms with van der Waals surface area (Å²) in [6.45, 7) is 0. The molecule has 6 atom stereocenters. The van der Waals surface area contributed by atoms with E-state index in [0.717, 1.165) is 0 Å². The normalized spacial score (nSPS) is 25.7. The number of aliphatic hydroxyl groups excluding tert-OH is 2. The van der Waals surface area contributed by atoms with Gasteiger partial charge in [-0.05, 0) is 0 Å². The molecule has 18 nitrogen and oxygen atoms in total. The molecular formula is C6H8Na8O18P4. The van der Waals surface area contributed by atoms with Crippen LogP contribution in [0, 0.1) is 0 Å². The third-order valence-electron chi connectivity index (χ3n) is 3.00. The maximum atomic E-state index is 10.7. The Kier molecular flexibility index (Phi) is 46.1. The first kappa shape index (κ1) is 63.1. The van der Waals surface area contributed by atoms with Crippen molar-refractivity contribution in [1.82, 2.24) is 0 Å². The van der Waals surface area contributed by atoms with Gasteiger partial charge in [0.25, 0.3) is 0 Å². The number of phosphoric acid groups is 4. The van der Waals surface area contributed by atoms with Crippen molar-refractivity contribution in [2.75, 3.05) is 0 Å². The van der Waals surface area contributed by atoms with Crippen molar-refractivity contribution in [1.29, 1.82) is 0 Å². The molecule has 0 heterocycles. The number of phosphoric ester groups is 4. The van der Waals surface area contributed by atoms with E-state index < -0.39 is 67.9 Å². The van der Waals surface area contributed by atoms with E-state index in [9.17, 15) is 67.6 Å². The smallest absolute Gasteiger partial charge is 0.790 e. The first-order valence-corrected chi connectivity index (χ1v) is 12.2. The zero-order chi connectivity index (χ0) is 22.3. The summed E-state index contributed by atoms with van der Waals surface area (Å²) in [4.78, 5) is 86.0. The Labute approximate surface area is 381 Å². The van der Waals surface area contributed by atoms with E-state index in [1.807, 2.05) is 0 Å². The Morgan fingerprint density at radius 2 is 0.500 bits per heavy atom. The Morgan fingerprint density at radius 1 is 0.389 bits per heavy atom. The van der Waals surface area contributed by atoms with Crippen molar-refractivity contribution < 1.29 is 322 Å². The van der Waals surface area contributed by atoms with Gasteiger partial charge in [0.1, 0.15) is 36.6 Å². The predicted octanol–water partition coefficient (Wildman–Crippen LogP) is -32.4. The summed E-state index contributed by atoms with van der Waals surface area (Å²) in [5.74, 6) is 0. The summed E-state index contributed by atoms with van der Waals surface area (Å²) in [6, 6.07) is 0. The summed E-state index contributed by atoms with van der Waals surface area (Å²) in [7, 11) is -24.7. The number of aliphatic hydroxyl groups is 2. The van der Waals surface area contributed by atoms with Crippen LogP contribution in [0.4, 0.5) is 0 Å². The molecule has 0 bridgehead atoms. The molecule has 1 rings (SSSR count). The second-order valence-electron chi connectivity index (χ2n) is 5.05. The standard InChI is InChI=1S/C6H16O18P4.8Na/c7-1-3(21-25(9,10)11)5(23-27(15,16)17)2(8)6(24-28(18,19)20)4(1)22-26(12,13)14;;;;;;;;/h1-8H,(H2,9,10,11)(H2,12,13,14)(H2,15,16,17)(H2,18,19,20);;;;;;;;/q;8*+1/p-8/t1?,2?,3-,4-,5-,6+;;;;;;;;/m0......../s1. The summed E-state index contributed by atoms with van der Waals surface area (Å²) < 4.78 is 57.8. The summed E-state index contributed by atoms with van der Waals surface area (Å²) in [5.41, 5.74) is 0. The minimum atomic E-state index is -6.18. The summed E-state index contributed by atoms with van der Waals surface area (Å²) in [5, 5.41) is 19.8. The Hall–Kier alpha value is 8.36. The van der Waals surface area contributed by atoms with E-state index in [1.54, 1.807) is 0 Å². The molecular weight excluding hydrogens is 668 g/mol.